The molecule has 2 aromatic carbocycles. The molecule has 3 atom stereocenters. The number of halogens is 1. The van der Waals surface area contributed by atoms with Gasteiger partial charge in [-0.25, -0.2) is 0 Å². The average molecular weight is 387 g/mol. The van der Waals surface area contributed by atoms with Gasteiger partial charge in [-0.05, 0) is 45.9 Å². The molecule has 1 fully saturated rings. The van der Waals surface area contributed by atoms with Crippen LogP contribution in [0.4, 0.5) is 0 Å². The Morgan fingerprint density at radius 1 is 0.654 bits per heavy atom. The summed E-state index contributed by atoms with van der Waals surface area (Å²) in [5.74, 6) is 0. The summed E-state index contributed by atoms with van der Waals surface area (Å²) in [6.07, 6.45) is 2.41. The lowest BCUT2D eigenvalue weighted by atomic mass is 9.86. The summed E-state index contributed by atoms with van der Waals surface area (Å²) < 4.78 is 0. The zero-order valence-electron chi connectivity index (χ0n) is 17.0. The fourth-order valence-electron chi connectivity index (χ4n) is 3.81. The second-order valence-electron chi connectivity index (χ2n) is 9.70. The molecule has 1 aliphatic rings. The first-order chi connectivity index (χ1) is 12.1. The molecule has 0 nitrogen and oxygen atoms in total. The molecular weight excluding hydrogens is 355 g/mol. The Morgan fingerprint density at radius 2 is 0.962 bits per heavy atom. The van der Waals surface area contributed by atoms with Gasteiger partial charge in [-0.15, -0.1) is 0 Å². The molecule has 2 heteroatoms. The van der Waals surface area contributed by atoms with Gasteiger partial charge in [-0.1, -0.05) is 101 Å². The van der Waals surface area contributed by atoms with E-state index in [1.165, 1.54) is 35.1 Å². The Bertz CT molecular complexity index is 666. The quantitative estimate of drug-likeness (QED) is 0.454. The summed E-state index contributed by atoms with van der Waals surface area (Å²) in [6, 6.07) is 18.4. The SMILES string of the molecule is CC(C)(C)c1ccc(C2CC[C@@H](c3ccc(C(C)(C)C)cc3)P2Cl)cc1. The van der Waals surface area contributed by atoms with Crippen molar-refractivity contribution in [3.8, 4) is 0 Å². The van der Waals surface area contributed by atoms with Crippen LogP contribution >= 0.6 is 18.5 Å². The monoisotopic (exact) mass is 386 g/mol. The minimum Gasteiger partial charge on any atom is -0.0951 e. The Labute approximate surface area is 165 Å². The molecule has 1 heterocycles. The lowest BCUT2D eigenvalue weighted by Crippen LogP contribution is -2.10. The molecule has 3 rings (SSSR count). The van der Waals surface area contributed by atoms with Crippen molar-refractivity contribution in [2.24, 2.45) is 0 Å². The minimum absolute atomic E-state index is 0.206. The Morgan fingerprint density at radius 3 is 1.23 bits per heavy atom. The molecule has 2 aromatic rings. The zero-order chi connectivity index (χ0) is 19.1. The van der Waals surface area contributed by atoms with Crippen LogP contribution in [0.3, 0.4) is 0 Å². The molecular formula is C24H32ClP. The molecule has 0 bridgehead atoms. The second-order valence-corrected chi connectivity index (χ2v) is 12.8. The van der Waals surface area contributed by atoms with E-state index < -0.39 is 7.27 Å². The van der Waals surface area contributed by atoms with E-state index in [2.05, 4.69) is 90.1 Å². The van der Waals surface area contributed by atoms with Gasteiger partial charge in [0.05, 0.1) is 0 Å². The van der Waals surface area contributed by atoms with Crippen molar-refractivity contribution < 1.29 is 0 Å². The van der Waals surface area contributed by atoms with Crippen molar-refractivity contribution in [1.82, 2.24) is 0 Å². The van der Waals surface area contributed by atoms with Crippen LogP contribution in [0.15, 0.2) is 48.5 Å². The molecule has 0 radical (unpaired) electrons. The van der Waals surface area contributed by atoms with Gasteiger partial charge in [-0.3, -0.25) is 0 Å². The summed E-state index contributed by atoms with van der Waals surface area (Å²) in [7, 11) is -0.548. The Kier molecular flexibility index (Phi) is 5.58. The molecule has 0 saturated carbocycles. The van der Waals surface area contributed by atoms with Crippen LogP contribution in [-0.4, -0.2) is 0 Å². The third kappa shape index (κ3) is 4.18. The number of benzene rings is 2. The van der Waals surface area contributed by atoms with Crippen LogP contribution in [0.1, 0.15) is 88.0 Å². The average Bonchev–Trinajstić information content (AvgIpc) is 2.95. The third-order valence-electron chi connectivity index (χ3n) is 5.63. The summed E-state index contributed by atoms with van der Waals surface area (Å²) in [5.41, 5.74) is 7.09. The van der Waals surface area contributed by atoms with E-state index in [1.54, 1.807) is 0 Å². The van der Waals surface area contributed by atoms with E-state index in [9.17, 15) is 0 Å². The summed E-state index contributed by atoms with van der Waals surface area (Å²) in [6.45, 7) is 13.6. The van der Waals surface area contributed by atoms with Crippen LogP contribution in [-0.2, 0) is 10.8 Å². The Hall–Kier alpha value is -0.840. The molecule has 0 aliphatic carbocycles. The first kappa shape index (κ1) is 19.9. The van der Waals surface area contributed by atoms with Gasteiger partial charge in [0.25, 0.3) is 0 Å². The van der Waals surface area contributed by atoms with Crippen LogP contribution in [0.2, 0.25) is 0 Å². The molecule has 26 heavy (non-hydrogen) atoms. The second kappa shape index (κ2) is 7.29. The van der Waals surface area contributed by atoms with E-state index in [1.807, 2.05) is 0 Å². The van der Waals surface area contributed by atoms with Gasteiger partial charge in [-0.2, -0.15) is 0 Å². The molecule has 0 amide bonds. The molecule has 1 saturated heterocycles. The van der Waals surface area contributed by atoms with Gasteiger partial charge in [0.15, 0.2) is 0 Å². The molecule has 1 aliphatic heterocycles. The third-order valence-corrected chi connectivity index (χ3v) is 9.35. The maximum absolute atomic E-state index is 7.04. The topological polar surface area (TPSA) is 0 Å². The largest absolute Gasteiger partial charge is 0.0951 e. The fraction of sp³-hybridized carbons (Fsp3) is 0.500. The van der Waals surface area contributed by atoms with Crippen molar-refractivity contribution in [2.75, 3.05) is 0 Å². The highest BCUT2D eigenvalue weighted by molar-refractivity contribution is 7.84. The van der Waals surface area contributed by atoms with E-state index in [0.29, 0.717) is 11.3 Å². The lowest BCUT2D eigenvalue weighted by Gasteiger charge is -2.23. The van der Waals surface area contributed by atoms with E-state index >= 15 is 0 Å². The highest BCUT2D eigenvalue weighted by atomic mass is 35.7. The number of rotatable bonds is 2. The minimum atomic E-state index is -0.548. The number of hydrogen-bond acceptors (Lipinski definition) is 0. The van der Waals surface area contributed by atoms with Crippen LogP contribution in [0.5, 0.6) is 0 Å². The first-order valence-corrected chi connectivity index (χ1v) is 12.1. The van der Waals surface area contributed by atoms with Crippen molar-refractivity contribution >= 4 is 18.5 Å². The van der Waals surface area contributed by atoms with Crippen LogP contribution < -0.4 is 0 Å². The van der Waals surface area contributed by atoms with Crippen molar-refractivity contribution in [3.63, 3.8) is 0 Å². The van der Waals surface area contributed by atoms with Gasteiger partial charge in [0.2, 0.25) is 0 Å². The molecule has 2 unspecified atom stereocenters. The number of hydrogen-bond donors (Lipinski definition) is 0. The van der Waals surface area contributed by atoms with E-state index in [0.717, 1.165) is 0 Å². The standard InChI is InChI=1S/C24H32ClP/c1-23(2,3)19-11-7-17(8-12-19)21-15-16-22(26(21)25)18-9-13-20(14-10-18)24(4,5)6/h7-14,21-22H,15-16H2,1-6H3/t21-,22?,26?/m0/s1. The smallest absolute Gasteiger partial charge is 0.0186 e. The lowest BCUT2D eigenvalue weighted by molar-refractivity contribution is 0.589. The predicted octanol–water partition coefficient (Wildman–Crippen LogP) is 8.49. The highest BCUT2D eigenvalue weighted by Crippen LogP contribution is 2.73. The van der Waals surface area contributed by atoms with Gasteiger partial charge in [0, 0.05) is 18.6 Å². The summed E-state index contributed by atoms with van der Waals surface area (Å²) >= 11 is 7.04. The van der Waals surface area contributed by atoms with Crippen molar-refractivity contribution in [2.45, 2.75) is 76.5 Å². The van der Waals surface area contributed by atoms with Crippen molar-refractivity contribution in [3.05, 3.63) is 70.8 Å². The Balaban J connectivity index is 1.76. The summed E-state index contributed by atoms with van der Waals surface area (Å²) in [4.78, 5) is 0. The normalized spacial score (nSPS) is 24.0. The van der Waals surface area contributed by atoms with E-state index in [4.69, 9.17) is 11.2 Å². The fourth-order valence-corrected chi connectivity index (χ4v) is 7.21. The highest BCUT2D eigenvalue weighted by Gasteiger charge is 2.36. The maximum Gasteiger partial charge on any atom is 0.0186 e. The first-order valence-electron chi connectivity index (χ1n) is 9.72. The van der Waals surface area contributed by atoms with E-state index in [-0.39, 0.29) is 10.8 Å². The van der Waals surface area contributed by atoms with Crippen molar-refractivity contribution in [1.29, 1.82) is 0 Å². The predicted molar refractivity (Wildman–Crippen MR) is 118 cm³/mol. The molecule has 0 spiro atoms. The molecule has 0 N–H and O–H groups in total. The van der Waals surface area contributed by atoms with Gasteiger partial charge >= 0.3 is 0 Å². The van der Waals surface area contributed by atoms with Gasteiger partial charge < -0.3 is 0 Å². The van der Waals surface area contributed by atoms with Crippen LogP contribution in [0.25, 0.3) is 0 Å². The maximum atomic E-state index is 7.04. The zero-order valence-corrected chi connectivity index (χ0v) is 18.7. The van der Waals surface area contributed by atoms with Gasteiger partial charge in [0.1, 0.15) is 0 Å². The molecule has 0 aromatic heterocycles. The van der Waals surface area contributed by atoms with Crippen LogP contribution in [0, 0.1) is 0 Å². The summed E-state index contributed by atoms with van der Waals surface area (Å²) in [5, 5.41) is 0. The molecule has 140 valence electrons.